The molecule has 1 atom stereocenters. The molecule has 1 aromatic carbocycles. The average molecular weight is 281 g/mol. The van der Waals surface area contributed by atoms with E-state index in [9.17, 15) is 9.59 Å². The summed E-state index contributed by atoms with van der Waals surface area (Å²) in [5, 5.41) is 11.7. The van der Waals surface area contributed by atoms with Gasteiger partial charge in [0, 0.05) is 11.4 Å². The van der Waals surface area contributed by atoms with Gasteiger partial charge in [-0.25, -0.2) is 0 Å². The van der Waals surface area contributed by atoms with Crippen LogP contribution in [0.15, 0.2) is 35.2 Å². The third-order valence-corrected chi connectivity index (χ3v) is 3.77. The molecule has 4 nitrogen and oxygen atoms in total. The molecule has 104 valence electrons. The second-order valence-corrected chi connectivity index (χ2v) is 5.64. The van der Waals surface area contributed by atoms with Crippen LogP contribution >= 0.6 is 11.8 Å². The number of aliphatic carboxylic acids is 1. The summed E-state index contributed by atoms with van der Waals surface area (Å²) < 4.78 is 0. The molecule has 1 unspecified atom stereocenters. The maximum Gasteiger partial charge on any atom is 0.308 e. The number of hydrogen-bond acceptors (Lipinski definition) is 3. The van der Waals surface area contributed by atoms with Gasteiger partial charge >= 0.3 is 5.97 Å². The summed E-state index contributed by atoms with van der Waals surface area (Å²) in [6.45, 7) is 3.86. The fourth-order valence-corrected chi connectivity index (χ4v) is 2.30. The van der Waals surface area contributed by atoms with E-state index in [1.54, 1.807) is 0 Å². The van der Waals surface area contributed by atoms with Gasteiger partial charge in [0.2, 0.25) is 5.91 Å². The van der Waals surface area contributed by atoms with Gasteiger partial charge in [0.15, 0.2) is 0 Å². The normalized spacial score (nSPS) is 12.2. The molecule has 2 N–H and O–H groups in total. The Kier molecular flexibility index (Phi) is 6.42. The predicted molar refractivity (Wildman–Crippen MR) is 76.1 cm³/mol. The molecule has 0 fully saturated rings. The van der Waals surface area contributed by atoms with Gasteiger partial charge in [-0.15, -0.1) is 11.8 Å². The SMILES string of the molecule is CC(C)C(CNC(=O)CSc1ccccc1)C(=O)O. The molecule has 0 aliphatic carbocycles. The summed E-state index contributed by atoms with van der Waals surface area (Å²) in [6.07, 6.45) is 0. The highest BCUT2D eigenvalue weighted by molar-refractivity contribution is 8.00. The Hall–Kier alpha value is -1.49. The van der Waals surface area contributed by atoms with Crippen LogP contribution in [-0.4, -0.2) is 29.3 Å². The molecule has 0 radical (unpaired) electrons. The number of carbonyl (C=O) groups excluding carboxylic acids is 1. The van der Waals surface area contributed by atoms with Crippen molar-refractivity contribution < 1.29 is 14.7 Å². The van der Waals surface area contributed by atoms with E-state index in [1.165, 1.54) is 11.8 Å². The third-order valence-electron chi connectivity index (χ3n) is 2.75. The molecule has 19 heavy (non-hydrogen) atoms. The Morgan fingerprint density at radius 1 is 1.26 bits per heavy atom. The quantitative estimate of drug-likeness (QED) is 0.752. The second-order valence-electron chi connectivity index (χ2n) is 4.59. The van der Waals surface area contributed by atoms with Gasteiger partial charge in [-0.3, -0.25) is 9.59 Å². The molecule has 1 rings (SSSR count). The number of amides is 1. The number of carboxylic acid groups (broad SMARTS) is 1. The maximum atomic E-state index is 11.6. The van der Waals surface area contributed by atoms with Gasteiger partial charge < -0.3 is 10.4 Å². The lowest BCUT2D eigenvalue weighted by Crippen LogP contribution is -2.36. The molecule has 5 heteroatoms. The van der Waals surface area contributed by atoms with Crippen molar-refractivity contribution in [2.75, 3.05) is 12.3 Å². The molecular weight excluding hydrogens is 262 g/mol. The predicted octanol–water partition coefficient (Wildman–Crippen LogP) is 2.25. The van der Waals surface area contributed by atoms with Crippen LogP contribution in [0.5, 0.6) is 0 Å². The number of carbonyl (C=O) groups is 2. The van der Waals surface area contributed by atoms with Crippen molar-refractivity contribution in [3.05, 3.63) is 30.3 Å². The van der Waals surface area contributed by atoms with Crippen molar-refractivity contribution in [1.29, 1.82) is 0 Å². The standard InChI is InChI=1S/C14H19NO3S/c1-10(2)12(14(17)18)8-15-13(16)9-19-11-6-4-3-5-7-11/h3-7,10,12H,8-9H2,1-2H3,(H,15,16)(H,17,18). The van der Waals surface area contributed by atoms with Crippen LogP contribution in [0, 0.1) is 11.8 Å². The van der Waals surface area contributed by atoms with Gasteiger partial charge in [0.1, 0.15) is 0 Å². The van der Waals surface area contributed by atoms with Crippen LogP contribution in [0.4, 0.5) is 0 Å². The second kappa shape index (κ2) is 7.84. The molecule has 0 spiro atoms. The summed E-state index contributed by atoms with van der Waals surface area (Å²) in [5.74, 6) is -1.24. The van der Waals surface area contributed by atoms with Crippen LogP contribution in [0.1, 0.15) is 13.8 Å². The Balaban J connectivity index is 2.33. The fraction of sp³-hybridized carbons (Fsp3) is 0.429. The zero-order valence-electron chi connectivity index (χ0n) is 11.1. The highest BCUT2D eigenvalue weighted by Crippen LogP contribution is 2.16. The molecule has 1 aromatic rings. The summed E-state index contributed by atoms with van der Waals surface area (Å²) in [5.41, 5.74) is 0. The Morgan fingerprint density at radius 3 is 2.42 bits per heavy atom. The van der Waals surface area contributed by atoms with Gasteiger partial charge in [-0.05, 0) is 18.1 Å². The van der Waals surface area contributed by atoms with Crippen LogP contribution in [-0.2, 0) is 9.59 Å². The van der Waals surface area contributed by atoms with E-state index in [0.29, 0.717) is 5.75 Å². The van der Waals surface area contributed by atoms with Gasteiger partial charge in [-0.2, -0.15) is 0 Å². The number of rotatable bonds is 7. The summed E-state index contributed by atoms with van der Waals surface area (Å²) >= 11 is 1.44. The van der Waals surface area contributed by atoms with Gasteiger partial charge in [0.25, 0.3) is 0 Å². The van der Waals surface area contributed by atoms with Crippen LogP contribution in [0.2, 0.25) is 0 Å². The van der Waals surface area contributed by atoms with Crippen molar-refractivity contribution >= 4 is 23.6 Å². The first-order chi connectivity index (χ1) is 9.00. The van der Waals surface area contributed by atoms with E-state index < -0.39 is 11.9 Å². The summed E-state index contributed by atoms with van der Waals surface area (Å²) in [6, 6.07) is 9.63. The Morgan fingerprint density at radius 2 is 1.89 bits per heavy atom. The van der Waals surface area contributed by atoms with E-state index in [0.717, 1.165) is 4.90 Å². The molecule has 0 aliphatic heterocycles. The largest absolute Gasteiger partial charge is 0.481 e. The number of hydrogen-bond donors (Lipinski definition) is 2. The van der Waals surface area contributed by atoms with Gasteiger partial charge in [0.05, 0.1) is 11.7 Å². The van der Waals surface area contributed by atoms with Crippen molar-refractivity contribution in [2.45, 2.75) is 18.7 Å². The fourth-order valence-electron chi connectivity index (χ4n) is 1.55. The minimum atomic E-state index is -0.869. The Bertz CT molecular complexity index is 420. The smallest absolute Gasteiger partial charge is 0.308 e. The lowest BCUT2D eigenvalue weighted by atomic mass is 9.96. The molecule has 0 saturated heterocycles. The monoisotopic (exact) mass is 281 g/mol. The third kappa shape index (κ3) is 5.79. The summed E-state index contributed by atoms with van der Waals surface area (Å²) in [4.78, 5) is 23.6. The minimum Gasteiger partial charge on any atom is -0.481 e. The molecule has 0 aromatic heterocycles. The van der Waals surface area contributed by atoms with E-state index in [4.69, 9.17) is 5.11 Å². The van der Waals surface area contributed by atoms with Crippen LogP contribution in [0.3, 0.4) is 0 Å². The lowest BCUT2D eigenvalue weighted by molar-refractivity contribution is -0.143. The maximum absolute atomic E-state index is 11.6. The summed E-state index contributed by atoms with van der Waals surface area (Å²) in [7, 11) is 0. The van der Waals surface area contributed by atoms with E-state index in [1.807, 2.05) is 44.2 Å². The topological polar surface area (TPSA) is 66.4 Å². The first-order valence-corrected chi connectivity index (χ1v) is 7.16. The number of nitrogens with one attached hydrogen (secondary N) is 1. The number of thioether (sulfide) groups is 1. The zero-order valence-corrected chi connectivity index (χ0v) is 11.9. The van der Waals surface area contributed by atoms with Crippen molar-refractivity contribution in [3.8, 4) is 0 Å². The molecular formula is C14H19NO3S. The first-order valence-electron chi connectivity index (χ1n) is 6.18. The zero-order chi connectivity index (χ0) is 14.3. The lowest BCUT2D eigenvalue weighted by Gasteiger charge is -2.16. The molecule has 0 heterocycles. The average Bonchev–Trinajstić information content (AvgIpc) is 2.37. The van der Waals surface area contributed by atoms with E-state index in [-0.39, 0.29) is 18.4 Å². The van der Waals surface area contributed by atoms with Gasteiger partial charge in [-0.1, -0.05) is 32.0 Å². The Labute approximate surface area is 117 Å². The highest BCUT2D eigenvalue weighted by atomic mass is 32.2. The number of benzene rings is 1. The van der Waals surface area contributed by atoms with Crippen LogP contribution < -0.4 is 5.32 Å². The molecule has 0 aliphatic rings. The number of carboxylic acids is 1. The van der Waals surface area contributed by atoms with Crippen LogP contribution in [0.25, 0.3) is 0 Å². The minimum absolute atomic E-state index is 0.000392. The highest BCUT2D eigenvalue weighted by Gasteiger charge is 2.21. The first kappa shape index (κ1) is 15.6. The van der Waals surface area contributed by atoms with E-state index in [2.05, 4.69) is 5.32 Å². The van der Waals surface area contributed by atoms with E-state index >= 15 is 0 Å². The molecule has 0 saturated carbocycles. The van der Waals surface area contributed by atoms with Crippen molar-refractivity contribution in [2.24, 2.45) is 11.8 Å². The molecule has 0 bridgehead atoms. The molecule has 1 amide bonds. The van der Waals surface area contributed by atoms with Crippen molar-refractivity contribution in [3.63, 3.8) is 0 Å². The van der Waals surface area contributed by atoms with Crippen molar-refractivity contribution in [1.82, 2.24) is 5.32 Å².